The van der Waals surface area contributed by atoms with Gasteiger partial charge in [0.1, 0.15) is 5.82 Å². The van der Waals surface area contributed by atoms with Gasteiger partial charge in [0.2, 0.25) is 5.91 Å². The van der Waals surface area contributed by atoms with Gasteiger partial charge in [0.05, 0.1) is 5.56 Å². The summed E-state index contributed by atoms with van der Waals surface area (Å²) in [6, 6.07) is 12.0. The van der Waals surface area contributed by atoms with Crippen LogP contribution in [0.5, 0.6) is 0 Å². The quantitative estimate of drug-likeness (QED) is 0.761. The molecule has 1 heterocycles. The maximum absolute atomic E-state index is 13.0. The number of aromatic amines is 1. The monoisotopic (exact) mass is 282 g/mol. The second kappa shape index (κ2) is 5.12. The van der Waals surface area contributed by atoms with Crippen LogP contribution in [0.15, 0.2) is 36.4 Å². The summed E-state index contributed by atoms with van der Waals surface area (Å²) in [4.78, 5) is 11.8. The standard InChI is InChI=1S/C14H9FN5O/c15-9-6-4-8(5-7-9)10-2-1-3-11(12(10)13(16)21)14-17-19-20-18-14/h1-2,4-7H,(H2,16,21)(H,17,18,19,20). The second-order valence-electron chi connectivity index (χ2n) is 4.26. The van der Waals surface area contributed by atoms with Crippen LogP contribution in [-0.4, -0.2) is 26.5 Å². The third kappa shape index (κ3) is 2.36. The van der Waals surface area contributed by atoms with Crippen molar-refractivity contribution in [2.75, 3.05) is 0 Å². The first kappa shape index (κ1) is 12.9. The molecule has 0 atom stereocenters. The third-order valence-corrected chi connectivity index (χ3v) is 2.98. The average molecular weight is 282 g/mol. The second-order valence-corrected chi connectivity index (χ2v) is 4.26. The Labute approximate surface area is 118 Å². The van der Waals surface area contributed by atoms with Crippen molar-refractivity contribution in [3.05, 3.63) is 53.8 Å². The predicted octanol–water partition coefficient (Wildman–Crippen LogP) is 1.57. The number of aromatic nitrogens is 4. The van der Waals surface area contributed by atoms with E-state index in [9.17, 15) is 9.18 Å². The van der Waals surface area contributed by atoms with Crippen molar-refractivity contribution in [3.8, 4) is 22.5 Å². The van der Waals surface area contributed by atoms with Gasteiger partial charge in [-0.05, 0) is 39.8 Å². The number of nitrogens with zero attached hydrogens (tertiary/aromatic N) is 3. The highest BCUT2D eigenvalue weighted by Crippen LogP contribution is 2.30. The van der Waals surface area contributed by atoms with Crippen LogP contribution < -0.4 is 5.73 Å². The minimum Gasteiger partial charge on any atom is -0.366 e. The van der Waals surface area contributed by atoms with Crippen LogP contribution in [0.25, 0.3) is 22.5 Å². The van der Waals surface area contributed by atoms with Gasteiger partial charge in [0, 0.05) is 5.56 Å². The maximum atomic E-state index is 13.0. The van der Waals surface area contributed by atoms with Crippen LogP contribution in [-0.2, 0) is 0 Å². The summed E-state index contributed by atoms with van der Waals surface area (Å²) in [5.41, 5.74) is 7.29. The van der Waals surface area contributed by atoms with E-state index in [1.54, 1.807) is 24.3 Å². The van der Waals surface area contributed by atoms with E-state index in [4.69, 9.17) is 5.73 Å². The molecule has 1 radical (unpaired) electrons. The van der Waals surface area contributed by atoms with Crippen LogP contribution in [0, 0.1) is 11.9 Å². The molecule has 0 unspecified atom stereocenters. The summed E-state index contributed by atoms with van der Waals surface area (Å²) in [5.74, 6) is -0.716. The first-order valence-electron chi connectivity index (χ1n) is 6.01. The number of benzene rings is 2. The molecule has 0 spiro atoms. The first-order valence-corrected chi connectivity index (χ1v) is 6.01. The summed E-state index contributed by atoms with van der Waals surface area (Å²) < 4.78 is 13.0. The van der Waals surface area contributed by atoms with Crippen molar-refractivity contribution in [3.63, 3.8) is 0 Å². The van der Waals surface area contributed by atoms with Gasteiger partial charge in [-0.3, -0.25) is 4.79 Å². The van der Waals surface area contributed by atoms with E-state index in [2.05, 4.69) is 26.7 Å². The van der Waals surface area contributed by atoms with E-state index in [0.29, 0.717) is 16.7 Å². The molecule has 0 saturated carbocycles. The van der Waals surface area contributed by atoms with Gasteiger partial charge >= 0.3 is 0 Å². The van der Waals surface area contributed by atoms with Gasteiger partial charge in [0.25, 0.3) is 0 Å². The summed E-state index contributed by atoms with van der Waals surface area (Å²) in [6.07, 6.45) is 0. The summed E-state index contributed by atoms with van der Waals surface area (Å²) in [5, 5.41) is 13.3. The molecule has 6 nitrogen and oxygen atoms in total. The highest BCUT2D eigenvalue weighted by molar-refractivity contribution is 6.05. The van der Waals surface area contributed by atoms with Gasteiger partial charge in [0.15, 0.2) is 5.82 Å². The minimum atomic E-state index is -0.641. The fourth-order valence-electron chi connectivity index (χ4n) is 2.08. The van der Waals surface area contributed by atoms with Crippen molar-refractivity contribution in [2.45, 2.75) is 0 Å². The summed E-state index contributed by atoms with van der Waals surface area (Å²) >= 11 is 0. The molecule has 0 aliphatic carbocycles. The Morgan fingerprint density at radius 3 is 2.62 bits per heavy atom. The zero-order valence-electron chi connectivity index (χ0n) is 10.7. The number of carbonyl (C=O) groups excluding carboxylic acids is 1. The van der Waals surface area contributed by atoms with E-state index < -0.39 is 5.91 Å². The lowest BCUT2D eigenvalue weighted by Crippen LogP contribution is -2.14. The van der Waals surface area contributed by atoms with Crippen LogP contribution in [0.1, 0.15) is 10.4 Å². The number of primary amides is 1. The highest BCUT2D eigenvalue weighted by atomic mass is 19.1. The molecule has 1 aromatic heterocycles. The van der Waals surface area contributed by atoms with Gasteiger partial charge in [-0.25, -0.2) is 9.49 Å². The van der Waals surface area contributed by atoms with Gasteiger partial charge < -0.3 is 5.73 Å². The molecular formula is C14H9FN5O. The fourth-order valence-corrected chi connectivity index (χ4v) is 2.08. The average Bonchev–Trinajstić information content (AvgIpc) is 3.01. The molecule has 0 bridgehead atoms. The molecular weight excluding hydrogens is 273 g/mol. The van der Waals surface area contributed by atoms with Crippen LogP contribution in [0.3, 0.4) is 0 Å². The van der Waals surface area contributed by atoms with E-state index >= 15 is 0 Å². The number of hydrogen-bond donors (Lipinski definition) is 2. The molecule has 1 amide bonds. The van der Waals surface area contributed by atoms with Gasteiger partial charge in [-0.1, -0.05) is 24.3 Å². The van der Waals surface area contributed by atoms with Crippen molar-refractivity contribution >= 4 is 5.91 Å². The van der Waals surface area contributed by atoms with Gasteiger partial charge in [-0.2, -0.15) is 0 Å². The Bertz CT molecular complexity index is 784. The molecule has 0 aliphatic rings. The van der Waals surface area contributed by atoms with E-state index in [1.165, 1.54) is 12.1 Å². The lowest BCUT2D eigenvalue weighted by molar-refractivity contribution is 0.100. The number of carbonyl (C=O) groups is 1. The lowest BCUT2D eigenvalue weighted by Gasteiger charge is -2.10. The topological polar surface area (TPSA) is 97.6 Å². The number of nitrogens with two attached hydrogens (primary N) is 1. The van der Waals surface area contributed by atoms with Gasteiger partial charge in [-0.15, -0.1) is 5.10 Å². The lowest BCUT2D eigenvalue weighted by atomic mass is 9.94. The zero-order chi connectivity index (χ0) is 14.8. The Kier molecular flexibility index (Phi) is 3.15. The number of hydrogen-bond acceptors (Lipinski definition) is 4. The van der Waals surface area contributed by atoms with E-state index in [1.807, 2.05) is 0 Å². The summed E-state index contributed by atoms with van der Waals surface area (Å²) in [6.45, 7) is 0. The molecule has 21 heavy (non-hydrogen) atoms. The molecule has 2 aromatic carbocycles. The Hall–Kier alpha value is -3.09. The van der Waals surface area contributed by atoms with E-state index in [-0.39, 0.29) is 17.2 Å². The molecule has 0 fully saturated rings. The number of rotatable bonds is 3. The van der Waals surface area contributed by atoms with Crippen molar-refractivity contribution in [1.29, 1.82) is 0 Å². The van der Waals surface area contributed by atoms with Crippen molar-refractivity contribution < 1.29 is 9.18 Å². The number of nitrogens with one attached hydrogen (secondary N) is 1. The smallest absolute Gasteiger partial charge is 0.250 e. The molecule has 7 heteroatoms. The first-order chi connectivity index (χ1) is 10.2. The Morgan fingerprint density at radius 1 is 1.24 bits per heavy atom. The largest absolute Gasteiger partial charge is 0.366 e. The van der Waals surface area contributed by atoms with Crippen LogP contribution >= 0.6 is 0 Å². The fraction of sp³-hybridized carbons (Fsp3) is 0. The Morgan fingerprint density at radius 2 is 2.00 bits per heavy atom. The number of halogens is 1. The maximum Gasteiger partial charge on any atom is 0.250 e. The van der Waals surface area contributed by atoms with Crippen LogP contribution in [0.4, 0.5) is 4.39 Å². The number of amides is 1. The van der Waals surface area contributed by atoms with E-state index in [0.717, 1.165) is 0 Å². The minimum absolute atomic E-state index is 0.225. The van der Waals surface area contributed by atoms with Crippen molar-refractivity contribution in [1.82, 2.24) is 20.6 Å². The molecule has 103 valence electrons. The third-order valence-electron chi connectivity index (χ3n) is 2.98. The summed E-state index contributed by atoms with van der Waals surface area (Å²) in [7, 11) is 0. The zero-order valence-corrected chi connectivity index (χ0v) is 10.7. The predicted molar refractivity (Wildman–Crippen MR) is 72.4 cm³/mol. The van der Waals surface area contributed by atoms with Crippen LogP contribution in [0.2, 0.25) is 0 Å². The molecule has 0 saturated heterocycles. The van der Waals surface area contributed by atoms with Crippen molar-refractivity contribution in [2.24, 2.45) is 5.73 Å². The molecule has 0 aliphatic heterocycles. The molecule has 3 rings (SSSR count). The number of H-pyrrole nitrogens is 1. The highest BCUT2D eigenvalue weighted by Gasteiger charge is 2.18. The Balaban J connectivity index is 2.24. The SMILES string of the molecule is NC(=O)c1c(-c2nnn[nH]2)[c]ccc1-c1ccc(F)cc1. The normalized spacial score (nSPS) is 10.5. The molecule has 3 aromatic rings. The number of tetrazole rings is 1. The molecule has 3 N–H and O–H groups in total.